The highest BCUT2D eigenvalue weighted by atomic mass is 16.2. The molecule has 2 amide bonds. The Hall–Kier alpha value is -1.06. The lowest BCUT2D eigenvalue weighted by Crippen LogP contribution is -2.68. The van der Waals surface area contributed by atoms with Crippen LogP contribution < -0.4 is 5.32 Å². The van der Waals surface area contributed by atoms with Gasteiger partial charge >= 0.3 is 0 Å². The summed E-state index contributed by atoms with van der Waals surface area (Å²) in [5, 5.41) is 2.91. The minimum atomic E-state index is -0.410. The molecule has 1 N–H and O–H groups in total. The Labute approximate surface area is 128 Å². The number of nitrogens with zero attached hydrogens (tertiary/aromatic N) is 1. The predicted octanol–water partition coefficient (Wildman–Crippen LogP) is 2.72. The zero-order chi connectivity index (χ0) is 15.8. The average Bonchev–Trinajstić information content (AvgIpc) is 2.42. The molecule has 2 rings (SSSR count). The second-order valence-electron chi connectivity index (χ2n) is 7.87. The topological polar surface area (TPSA) is 49.4 Å². The summed E-state index contributed by atoms with van der Waals surface area (Å²) in [6.45, 7) is 10.0. The molecular weight excluding hydrogens is 264 g/mol. The van der Waals surface area contributed by atoms with Crippen LogP contribution in [0.1, 0.15) is 66.7 Å². The highest BCUT2D eigenvalue weighted by Gasteiger charge is 2.46. The van der Waals surface area contributed by atoms with Crippen LogP contribution in [0.4, 0.5) is 0 Å². The first-order valence-corrected chi connectivity index (χ1v) is 8.36. The standard InChI is InChI=1S/C17H30N2O2/c1-11(13-9-7-6-8-10-13)19-12(2)15(20)18-14(16(19)21)17(3,4)5/h11-14H,6-10H2,1-5H3,(H,18,20). The van der Waals surface area contributed by atoms with Crippen LogP contribution in [-0.4, -0.2) is 34.8 Å². The summed E-state index contributed by atoms with van der Waals surface area (Å²) in [4.78, 5) is 27.1. The number of hydrogen-bond donors (Lipinski definition) is 1. The molecule has 3 atom stereocenters. The van der Waals surface area contributed by atoms with Crippen LogP contribution in [0.15, 0.2) is 0 Å². The van der Waals surface area contributed by atoms with Gasteiger partial charge in [0.25, 0.3) is 0 Å². The summed E-state index contributed by atoms with van der Waals surface area (Å²) in [6, 6.07) is -0.607. The molecule has 4 heteroatoms. The highest BCUT2D eigenvalue weighted by Crippen LogP contribution is 2.33. The van der Waals surface area contributed by atoms with Gasteiger partial charge in [-0.15, -0.1) is 0 Å². The fourth-order valence-corrected chi connectivity index (χ4v) is 3.77. The number of carbonyl (C=O) groups excluding carboxylic acids is 2. The van der Waals surface area contributed by atoms with E-state index >= 15 is 0 Å². The molecule has 2 aliphatic rings. The summed E-state index contributed by atoms with van der Waals surface area (Å²) < 4.78 is 0. The first-order valence-electron chi connectivity index (χ1n) is 8.36. The van der Waals surface area contributed by atoms with E-state index < -0.39 is 6.04 Å². The first kappa shape index (κ1) is 16.3. The van der Waals surface area contributed by atoms with E-state index in [1.54, 1.807) is 0 Å². The van der Waals surface area contributed by atoms with Gasteiger partial charge in [-0.25, -0.2) is 0 Å². The second-order valence-corrected chi connectivity index (χ2v) is 7.87. The molecular formula is C17H30N2O2. The van der Waals surface area contributed by atoms with E-state index in [1.165, 1.54) is 32.1 Å². The van der Waals surface area contributed by atoms with Gasteiger partial charge in [0, 0.05) is 6.04 Å². The van der Waals surface area contributed by atoms with Gasteiger partial charge in [-0.3, -0.25) is 9.59 Å². The van der Waals surface area contributed by atoms with Crippen LogP contribution in [0.5, 0.6) is 0 Å². The van der Waals surface area contributed by atoms with Gasteiger partial charge in [0.15, 0.2) is 0 Å². The number of piperazine rings is 1. The molecule has 0 radical (unpaired) electrons. The van der Waals surface area contributed by atoms with Gasteiger partial charge in [-0.05, 0) is 38.0 Å². The number of amides is 2. The molecule has 1 heterocycles. The third kappa shape index (κ3) is 3.24. The number of hydrogen-bond acceptors (Lipinski definition) is 2. The van der Waals surface area contributed by atoms with Crippen LogP contribution in [0.25, 0.3) is 0 Å². The van der Waals surface area contributed by atoms with Crippen molar-refractivity contribution >= 4 is 11.8 Å². The molecule has 1 aliphatic heterocycles. The van der Waals surface area contributed by atoms with Crippen molar-refractivity contribution in [2.75, 3.05) is 0 Å². The maximum Gasteiger partial charge on any atom is 0.246 e. The van der Waals surface area contributed by atoms with E-state index in [9.17, 15) is 9.59 Å². The van der Waals surface area contributed by atoms with Gasteiger partial charge in [-0.1, -0.05) is 40.0 Å². The van der Waals surface area contributed by atoms with Crippen molar-refractivity contribution in [2.24, 2.45) is 11.3 Å². The molecule has 21 heavy (non-hydrogen) atoms. The van der Waals surface area contributed by atoms with E-state index in [1.807, 2.05) is 32.6 Å². The minimum Gasteiger partial charge on any atom is -0.342 e. The zero-order valence-corrected chi connectivity index (χ0v) is 14.1. The quantitative estimate of drug-likeness (QED) is 0.851. The number of rotatable bonds is 2. The van der Waals surface area contributed by atoms with Crippen molar-refractivity contribution < 1.29 is 9.59 Å². The lowest BCUT2D eigenvalue weighted by atomic mass is 9.80. The van der Waals surface area contributed by atoms with Crippen molar-refractivity contribution in [1.82, 2.24) is 10.2 Å². The van der Waals surface area contributed by atoms with Crippen LogP contribution in [-0.2, 0) is 9.59 Å². The summed E-state index contributed by atoms with van der Waals surface area (Å²) >= 11 is 0. The number of carbonyl (C=O) groups is 2. The van der Waals surface area contributed by atoms with Gasteiger partial charge in [0.05, 0.1) is 0 Å². The highest BCUT2D eigenvalue weighted by molar-refractivity contribution is 5.97. The molecule has 1 saturated carbocycles. The van der Waals surface area contributed by atoms with E-state index in [0.717, 1.165) is 0 Å². The average molecular weight is 294 g/mol. The van der Waals surface area contributed by atoms with Gasteiger partial charge in [0.2, 0.25) is 11.8 Å². The van der Waals surface area contributed by atoms with Crippen molar-refractivity contribution in [3.05, 3.63) is 0 Å². The Kier molecular flexibility index (Phi) is 4.64. The maximum atomic E-state index is 12.9. The van der Waals surface area contributed by atoms with E-state index in [-0.39, 0.29) is 29.3 Å². The largest absolute Gasteiger partial charge is 0.342 e. The molecule has 0 bridgehead atoms. The summed E-state index contributed by atoms with van der Waals surface area (Å²) in [5.41, 5.74) is -0.253. The molecule has 0 aromatic heterocycles. The Morgan fingerprint density at radius 1 is 1.14 bits per heavy atom. The molecule has 2 fully saturated rings. The maximum absolute atomic E-state index is 12.9. The molecule has 3 unspecified atom stereocenters. The summed E-state index contributed by atoms with van der Waals surface area (Å²) in [7, 11) is 0. The molecule has 0 spiro atoms. The number of nitrogens with one attached hydrogen (secondary N) is 1. The molecule has 0 aromatic carbocycles. The van der Waals surface area contributed by atoms with E-state index in [4.69, 9.17) is 0 Å². The van der Waals surface area contributed by atoms with Crippen molar-refractivity contribution in [3.63, 3.8) is 0 Å². The van der Waals surface area contributed by atoms with Crippen LogP contribution >= 0.6 is 0 Å². The van der Waals surface area contributed by atoms with E-state index in [0.29, 0.717) is 5.92 Å². The second kappa shape index (κ2) is 5.98. The third-order valence-corrected chi connectivity index (χ3v) is 5.22. The lowest BCUT2D eigenvalue weighted by Gasteiger charge is -2.47. The third-order valence-electron chi connectivity index (χ3n) is 5.22. The first-order chi connectivity index (χ1) is 9.73. The van der Waals surface area contributed by atoms with Crippen LogP contribution in [0.3, 0.4) is 0 Å². The lowest BCUT2D eigenvalue weighted by molar-refractivity contribution is -0.155. The molecule has 1 saturated heterocycles. The molecule has 1 aliphatic carbocycles. The monoisotopic (exact) mass is 294 g/mol. The Bertz CT molecular complexity index is 408. The van der Waals surface area contributed by atoms with Crippen LogP contribution in [0, 0.1) is 11.3 Å². The predicted molar refractivity (Wildman–Crippen MR) is 83.7 cm³/mol. The van der Waals surface area contributed by atoms with Crippen molar-refractivity contribution in [2.45, 2.75) is 84.8 Å². The summed E-state index contributed by atoms with van der Waals surface area (Å²) in [5.74, 6) is 0.613. The van der Waals surface area contributed by atoms with Crippen LogP contribution in [0.2, 0.25) is 0 Å². The smallest absolute Gasteiger partial charge is 0.246 e. The summed E-state index contributed by atoms with van der Waals surface area (Å²) in [6.07, 6.45) is 6.16. The molecule has 120 valence electrons. The fraction of sp³-hybridized carbons (Fsp3) is 0.882. The zero-order valence-electron chi connectivity index (χ0n) is 14.1. The Balaban J connectivity index is 2.21. The van der Waals surface area contributed by atoms with E-state index in [2.05, 4.69) is 12.2 Å². The van der Waals surface area contributed by atoms with Gasteiger partial charge in [-0.2, -0.15) is 0 Å². The van der Waals surface area contributed by atoms with Gasteiger partial charge < -0.3 is 10.2 Å². The molecule has 4 nitrogen and oxygen atoms in total. The van der Waals surface area contributed by atoms with Crippen molar-refractivity contribution in [1.29, 1.82) is 0 Å². The fourth-order valence-electron chi connectivity index (χ4n) is 3.77. The normalized spacial score (nSPS) is 30.2. The Morgan fingerprint density at radius 3 is 2.24 bits per heavy atom. The van der Waals surface area contributed by atoms with Crippen molar-refractivity contribution in [3.8, 4) is 0 Å². The molecule has 0 aromatic rings. The minimum absolute atomic E-state index is 0.0165. The van der Waals surface area contributed by atoms with Gasteiger partial charge in [0.1, 0.15) is 12.1 Å². The Morgan fingerprint density at radius 2 is 1.71 bits per heavy atom. The SMILES string of the molecule is CC1C(=O)NC(C(C)(C)C)C(=O)N1C(C)C1CCCCC1.